The summed E-state index contributed by atoms with van der Waals surface area (Å²) in [6.45, 7) is -0.269. The SMILES string of the molecule is COC(=O)c1cc(OC)c2c(c1-c1c(/C=C(\C#N)C(=O)c3ccc(OC)cc3)cc(OC)c3c1OCO3)OCO2. The molecule has 0 amide bonds. The predicted octanol–water partition coefficient (Wildman–Crippen LogP) is 4.41. The molecule has 0 N–H and O–H groups in total. The molecule has 2 aliphatic heterocycles. The Morgan fingerprint density at radius 3 is 1.93 bits per heavy atom. The zero-order valence-electron chi connectivity index (χ0n) is 22.0. The number of ketones is 1. The summed E-state index contributed by atoms with van der Waals surface area (Å²) in [4.78, 5) is 26.4. The highest BCUT2D eigenvalue weighted by Gasteiger charge is 2.36. The molecule has 5 rings (SSSR count). The Morgan fingerprint density at radius 2 is 1.38 bits per heavy atom. The third-order valence-electron chi connectivity index (χ3n) is 6.36. The predicted molar refractivity (Wildman–Crippen MR) is 139 cm³/mol. The van der Waals surface area contributed by atoms with Gasteiger partial charge in [0.2, 0.25) is 30.9 Å². The second kappa shape index (κ2) is 10.8. The fraction of sp³-hybridized carbons (Fsp3) is 0.207. The number of esters is 1. The van der Waals surface area contributed by atoms with Gasteiger partial charge < -0.3 is 37.9 Å². The van der Waals surface area contributed by atoms with Crippen molar-refractivity contribution in [2.24, 2.45) is 0 Å². The lowest BCUT2D eigenvalue weighted by Gasteiger charge is -2.18. The van der Waals surface area contributed by atoms with E-state index >= 15 is 0 Å². The first-order valence-corrected chi connectivity index (χ1v) is 11.9. The van der Waals surface area contributed by atoms with Crippen molar-refractivity contribution in [2.75, 3.05) is 42.0 Å². The number of ether oxygens (including phenoxy) is 8. The van der Waals surface area contributed by atoms with Crippen LogP contribution in [-0.4, -0.2) is 53.8 Å². The smallest absolute Gasteiger partial charge is 0.338 e. The largest absolute Gasteiger partial charge is 0.497 e. The topological polar surface area (TPSA) is 132 Å². The minimum Gasteiger partial charge on any atom is -0.497 e. The molecule has 11 nitrogen and oxygen atoms in total. The zero-order valence-corrected chi connectivity index (χ0v) is 22.0. The first-order chi connectivity index (χ1) is 19.4. The number of nitrogens with zero attached hydrogens (tertiary/aromatic N) is 1. The van der Waals surface area contributed by atoms with Crippen LogP contribution in [0.15, 0.2) is 42.0 Å². The number of carbonyl (C=O) groups excluding carboxylic acids is 2. The Balaban J connectivity index is 1.80. The summed E-state index contributed by atoms with van der Waals surface area (Å²) in [6, 6.07) is 11.4. The van der Waals surface area contributed by atoms with E-state index < -0.39 is 11.8 Å². The number of fused-ring (bicyclic) bond motifs is 2. The quantitative estimate of drug-likeness (QED) is 0.173. The van der Waals surface area contributed by atoms with Crippen LogP contribution in [0.25, 0.3) is 17.2 Å². The van der Waals surface area contributed by atoms with E-state index in [4.69, 9.17) is 37.9 Å². The number of carbonyl (C=O) groups is 2. The van der Waals surface area contributed by atoms with E-state index in [-0.39, 0.29) is 64.6 Å². The maximum absolute atomic E-state index is 13.4. The van der Waals surface area contributed by atoms with E-state index in [0.717, 1.165) is 0 Å². The molecule has 0 spiro atoms. The number of allylic oxidation sites excluding steroid dienone is 1. The molecule has 0 saturated heterocycles. The summed E-state index contributed by atoms with van der Waals surface area (Å²) < 4.78 is 44.1. The van der Waals surface area contributed by atoms with Gasteiger partial charge in [0.05, 0.1) is 34.0 Å². The van der Waals surface area contributed by atoms with Gasteiger partial charge in [-0.25, -0.2) is 4.79 Å². The minimum atomic E-state index is -0.695. The van der Waals surface area contributed by atoms with Crippen molar-refractivity contribution < 1.29 is 47.5 Å². The minimum absolute atomic E-state index is 0.0705. The molecule has 11 heteroatoms. The average molecular weight is 546 g/mol. The van der Waals surface area contributed by atoms with Crippen molar-refractivity contribution >= 4 is 17.8 Å². The number of nitriles is 1. The van der Waals surface area contributed by atoms with E-state index in [1.54, 1.807) is 30.3 Å². The third kappa shape index (κ3) is 4.35. The standard InChI is InChI=1S/C29H23NO10/c1-33-18-7-5-15(6-8-18)24(31)17(12-30)9-16-10-20(34-2)25-27(39-13-37-25)22(16)23-19(29(32)36-4)11-21(35-3)26-28(23)40-14-38-26/h5-11H,13-14H2,1-4H3/b17-9+. The molecule has 3 aromatic carbocycles. The summed E-state index contributed by atoms with van der Waals surface area (Å²) in [7, 11) is 5.63. The number of hydrogen-bond donors (Lipinski definition) is 0. The molecule has 0 aromatic heterocycles. The van der Waals surface area contributed by atoms with E-state index in [1.807, 2.05) is 6.07 Å². The first-order valence-electron chi connectivity index (χ1n) is 11.9. The van der Waals surface area contributed by atoms with Crippen molar-refractivity contribution in [2.45, 2.75) is 0 Å². The summed E-state index contributed by atoms with van der Waals surface area (Å²) in [5, 5.41) is 10.0. The molecule has 0 fully saturated rings. The number of hydrogen-bond acceptors (Lipinski definition) is 11. The molecule has 0 radical (unpaired) electrons. The summed E-state index contributed by atoms with van der Waals surface area (Å²) in [5.41, 5.74) is 1.02. The Morgan fingerprint density at radius 1 is 0.800 bits per heavy atom. The van der Waals surface area contributed by atoms with Crippen LogP contribution in [0.3, 0.4) is 0 Å². The maximum Gasteiger partial charge on any atom is 0.338 e. The highest BCUT2D eigenvalue weighted by atomic mass is 16.7. The van der Waals surface area contributed by atoms with Crippen LogP contribution in [0.4, 0.5) is 0 Å². The maximum atomic E-state index is 13.4. The van der Waals surface area contributed by atoms with Crippen LogP contribution < -0.4 is 33.2 Å². The van der Waals surface area contributed by atoms with Crippen molar-refractivity contribution in [1.29, 1.82) is 5.26 Å². The fourth-order valence-electron chi connectivity index (χ4n) is 4.49. The van der Waals surface area contributed by atoms with Gasteiger partial charge in [-0.15, -0.1) is 0 Å². The van der Waals surface area contributed by atoms with Crippen molar-refractivity contribution in [3.05, 3.63) is 58.7 Å². The lowest BCUT2D eigenvalue weighted by molar-refractivity contribution is 0.0600. The van der Waals surface area contributed by atoms with Crippen LogP contribution in [0.5, 0.6) is 40.2 Å². The first kappa shape index (κ1) is 26.2. The molecule has 0 bridgehead atoms. The van der Waals surface area contributed by atoms with Gasteiger partial charge in [-0.05, 0) is 48.0 Å². The van der Waals surface area contributed by atoms with Crippen molar-refractivity contribution in [3.63, 3.8) is 0 Å². The van der Waals surface area contributed by atoms with Gasteiger partial charge in [0.1, 0.15) is 17.4 Å². The van der Waals surface area contributed by atoms with Crippen molar-refractivity contribution in [1.82, 2.24) is 0 Å². The van der Waals surface area contributed by atoms with E-state index in [1.165, 1.54) is 40.6 Å². The second-order valence-electron chi connectivity index (χ2n) is 8.39. The highest BCUT2D eigenvalue weighted by molar-refractivity contribution is 6.15. The monoisotopic (exact) mass is 545 g/mol. The van der Waals surface area contributed by atoms with Crippen LogP contribution >= 0.6 is 0 Å². The summed E-state index contributed by atoms with van der Waals surface area (Å²) in [5.74, 6) is 0.826. The van der Waals surface area contributed by atoms with Crippen LogP contribution in [-0.2, 0) is 4.74 Å². The highest BCUT2D eigenvalue weighted by Crippen LogP contribution is 2.57. The molecular formula is C29H23NO10. The summed E-state index contributed by atoms with van der Waals surface area (Å²) in [6.07, 6.45) is 1.39. The molecule has 40 heavy (non-hydrogen) atoms. The molecule has 0 atom stereocenters. The lowest BCUT2D eigenvalue weighted by atomic mass is 9.90. The second-order valence-corrected chi connectivity index (χ2v) is 8.39. The molecule has 0 saturated carbocycles. The summed E-state index contributed by atoms with van der Waals surface area (Å²) >= 11 is 0. The van der Waals surface area contributed by atoms with E-state index in [2.05, 4.69) is 0 Å². The molecule has 2 heterocycles. The van der Waals surface area contributed by atoms with Gasteiger partial charge in [-0.1, -0.05) is 0 Å². The molecule has 3 aromatic rings. The Labute approximate surface area is 228 Å². The van der Waals surface area contributed by atoms with Gasteiger partial charge in [-0.2, -0.15) is 5.26 Å². The van der Waals surface area contributed by atoms with Crippen LogP contribution in [0, 0.1) is 11.3 Å². The molecule has 0 aliphatic carbocycles. The van der Waals surface area contributed by atoms with Gasteiger partial charge in [-0.3, -0.25) is 4.79 Å². The van der Waals surface area contributed by atoms with Crippen molar-refractivity contribution in [3.8, 4) is 57.4 Å². The van der Waals surface area contributed by atoms with Crippen LogP contribution in [0.1, 0.15) is 26.3 Å². The molecule has 204 valence electrons. The number of benzene rings is 3. The normalized spacial score (nSPS) is 12.9. The van der Waals surface area contributed by atoms with Gasteiger partial charge in [0.25, 0.3) is 0 Å². The Kier molecular flexibility index (Phi) is 7.07. The number of rotatable bonds is 8. The number of Topliss-reactive ketones (excluding diaryl/α,β-unsaturated/α-hetero) is 1. The van der Waals surface area contributed by atoms with Gasteiger partial charge >= 0.3 is 5.97 Å². The molecule has 0 unspecified atom stereocenters. The Bertz CT molecular complexity index is 1580. The van der Waals surface area contributed by atoms with Gasteiger partial charge in [0, 0.05) is 16.7 Å². The fourth-order valence-corrected chi connectivity index (χ4v) is 4.49. The number of methoxy groups -OCH3 is 4. The zero-order chi connectivity index (χ0) is 28.4. The lowest BCUT2D eigenvalue weighted by Crippen LogP contribution is -2.07. The Hall–Kier alpha value is -5.37. The third-order valence-corrected chi connectivity index (χ3v) is 6.36. The van der Waals surface area contributed by atoms with Gasteiger partial charge in [0.15, 0.2) is 23.0 Å². The molecule has 2 aliphatic rings. The average Bonchev–Trinajstić information content (AvgIpc) is 3.69. The van der Waals surface area contributed by atoms with E-state index in [0.29, 0.717) is 22.6 Å². The molecular weight excluding hydrogens is 522 g/mol. The van der Waals surface area contributed by atoms with Crippen LogP contribution in [0.2, 0.25) is 0 Å². The van der Waals surface area contributed by atoms with E-state index in [9.17, 15) is 14.9 Å².